The molecule has 2 aliphatic heterocycles. The first-order valence-electron chi connectivity index (χ1n) is 6.83. The van der Waals surface area contributed by atoms with E-state index in [1.165, 1.54) is 5.06 Å². The van der Waals surface area contributed by atoms with Crippen molar-refractivity contribution >= 4 is 5.69 Å². The molecule has 2 N–H and O–H groups in total. The molecule has 0 radical (unpaired) electrons. The Morgan fingerprint density at radius 2 is 1.86 bits per heavy atom. The first-order chi connectivity index (χ1) is 10.1. The van der Waals surface area contributed by atoms with E-state index in [2.05, 4.69) is 0 Å². The van der Waals surface area contributed by atoms with Gasteiger partial charge < -0.3 is 14.6 Å². The van der Waals surface area contributed by atoms with Crippen LogP contribution >= 0.6 is 0 Å². The summed E-state index contributed by atoms with van der Waals surface area (Å²) in [6, 6.07) is 9.28. The van der Waals surface area contributed by atoms with Gasteiger partial charge in [-0.25, -0.2) is 0 Å². The van der Waals surface area contributed by atoms with Crippen LogP contribution in [-0.4, -0.2) is 23.7 Å². The summed E-state index contributed by atoms with van der Waals surface area (Å²) in [7, 11) is 0. The summed E-state index contributed by atoms with van der Waals surface area (Å²) >= 11 is 0. The Labute approximate surface area is 121 Å². The Morgan fingerprint density at radius 3 is 2.67 bits per heavy atom. The van der Waals surface area contributed by atoms with Crippen LogP contribution in [0.25, 0.3) is 0 Å². The number of hydrogen-bond acceptors (Lipinski definition) is 5. The average molecular weight is 285 g/mol. The number of aromatic hydroxyl groups is 1. The van der Waals surface area contributed by atoms with Crippen molar-refractivity contribution in [3.8, 4) is 17.2 Å². The van der Waals surface area contributed by atoms with Gasteiger partial charge in [-0.05, 0) is 24.6 Å². The Hall–Kier alpha value is -2.40. The molecular formula is C16H15NO4. The van der Waals surface area contributed by atoms with E-state index in [1.54, 1.807) is 12.1 Å². The van der Waals surface area contributed by atoms with Gasteiger partial charge in [-0.3, -0.25) is 10.3 Å². The number of anilines is 1. The average Bonchev–Trinajstić information content (AvgIpc) is 3.02. The molecule has 0 fully saturated rings. The topological polar surface area (TPSA) is 62.2 Å². The van der Waals surface area contributed by atoms with Crippen LogP contribution in [-0.2, 0) is 0 Å². The minimum atomic E-state index is -0.0978. The second kappa shape index (κ2) is 4.30. The number of rotatable bonds is 1. The molecule has 1 unspecified atom stereocenters. The molecule has 0 aromatic heterocycles. The van der Waals surface area contributed by atoms with E-state index in [4.69, 9.17) is 9.47 Å². The molecular weight excluding hydrogens is 270 g/mol. The zero-order valence-electron chi connectivity index (χ0n) is 11.5. The van der Waals surface area contributed by atoms with Crippen molar-refractivity contribution in [3.05, 3.63) is 47.0 Å². The van der Waals surface area contributed by atoms with Crippen LogP contribution < -0.4 is 14.5 Å². The Balaban J connectivity index is 1.84. The zero-order valence-corrected chi connectivity index (χ0v) is 11.5. The lowest BCUT2D eigenvalue weighted by molar-refractivity contribution is 0.174. The molecule has 2 aromatic rings. The minimum absolute atomic E-state index is 0.0978. The quantitative estimate of drug-likeness (QED) is 0.843. The monoisotopic (exact) mass is 285 g/mol. The molecule has 0 spiro atoms. The third-order valence-corrected chi connectivity index (χ3v) is 4.09. The first kappa shape index (κ1) is 12.3. The summed E-state index contributed by atoms with van der Waals surface area (Å²) in [5.41, 5.74) is 3.64. The van der Waals surface area contributed by atoms with Crippen molar-refractivity contribution < 1.29 is 19.8 Å². The maximum Gasteiger partial charge on any atom is 0.231 e. The van der Waals surface area contributed by atoms with E-state index >= 15 is 0 Å². The number of nitrogens with zero attached hydrogens (tertiary/aromatic N) is 1. The lowest BCUT2D eigenvalue weighted by atomic mass is 9.91. The van der Waals surface area contributed by atoms with Crippen LogP contribution in [0.4, 0.5) is 5.69 Å². The molecule has 1 atom stereocenters. The second-order valence-corrected chi connectivity index (χ2v) is 5.46. The molecule has 0 aliphatic carbocycles. The number of phenolic OH excluding ortho intramolecular Hbond substituents is 1. The Bertz CT molecular complexity index is 728. The van der Waals surface area contributed by atoms with Gasteiger partial charge in [0, 0.05) is 17.5 Å². The summed E-state index contributed by atoms with van der Waals surface area (Å²) in [5.74, 6) is 1.25. The SMILES string of the molecule is Cc1ccc2c(c1)C(c1cc3c(cc1O)OCO3)CN2O. The summed E-state index contributed by atoms with van der Waals surface area (Å²) < 4.78 is 10.6. The predicted octanol–water partition coefficient (Wildman–Crippen LogP) is 2.77. The van der Waals surface area contributed by atoms with E-state index in [-0.39, 0.29) is 18.5 Å². The van der Waals surface area contributed by atoms with E-state index in [9.17, 15) is 10.3 Å². The van der Waals surface area contributed by atoms with E-state index in [1.807, 2.05) is 25.1 Å². The van der Waals surface area contributed by atoms with Gasteiger partial charge in [-0.15, -0.1) is 0 Å². The van der Waals surface area contributed by atoms with Crippen LogP contribution in [0, 0.1) is 6.92 Å². The van der Waals surface area contributed by atoms with Crippen molar-refractivity contribution in [2.24, 2.45) is 0 Å². The van der Waals surface area contributed by atoms with E-state index in [0.717, 1.165) is 22.4 Å². The van der Waals surface area contributed by atoms with Crippen molar-refractivity contribution in [2.75, 3.05) is 18.4 Å². The van der Waals surface area contributed by atoms with Gasteiger partial charge in [0.2, 0.25) is 6.79 Å². The van der Waals surface area contributed by atoms with Crippen LogP contribution in [0.1, 0.15) is 22.6 Å². The molecule has 2 aliphatic rings. The van der Waals surface area contributed by atoms with E-state index in [0.29, 0.717) is 18.0 Å². The minimum Gasteiger partial charge on any atom is -0.508 e. The van der Waals surface area contributed by atoms with Gasteiger partial charge in [0.15, 0.2) is 11.5 Å². The molecule has 2 heterocycles. The van der Waals surface area contributed by atoms with Crippen LogP contribution in [0.5, 0.6) is 17.2 Å². The molecule has 108 valence electrons. The van der Waals surface area contributed by atoms with E-state index < -0.39 is 0 Å². The van der Waals surface area contributed by atoms with Crippen molar-refractivity contribution in [1.29, 1.82) is 0 Å². The zero-order chi connectivity index (χ0) is 14.6. The number of hydroxylamine groups is 1. The van der Waals surface area contributed by atoms with Crippen molar-refractivity contribution in [3.63, 3.8) is 0 Å². The largest absolute Gasteiger partial charge is 0.508 e. The molecule has 0 saturated carbocycles. The number of phenols is 1. The predicted molar refractivity (Wildman–Crippen MR) is 76.4 cm³/mol. The molecule has 0 amide bonds. The fraction of sp³-hybridized carbons (Fsp3) is 0.250. The fourth-order valence-corrected chi connectivity index (χ4v) is 3.05. The summed E-state index contributed by atoms with van der Waals surface area (Å²) in [6.07, 6.45) is 0. The number of benzene rings is 2. The molecule has 21 heavy (non-hydrogen) atoms. The maximum absolute atomic E-state index is 10.3. The maximum atomic E-state index is 10.3. The molecule has 5 heteroatoms. The Morgan fingerprint density at radius 1 is 1.10 bits per heavy atom. The normalized spacial score (nSPS) is 19.0. The van der Waals surface area contributed by atoms with Crippen LogP contribution in [0.2, 0.25) is 0 Å². The standard InChI is InChI=1S/C16H15NO4/c1-9-2-3-13-10(4-9)12(7-17(13)19)11-5-15-16(6-14(11)18)21-8-20-15/h2-6,12,18-19H,7-8H2,1H3. The van der Waals surface area contributed by atoms with Crippen LogP contribution in [0.15, 0.2) is 30.3 Å². The second-order valence-electron chi connectivity index (χ2n) is 5.46. The van der Waals surface area contributed by atoms with Gasteiger partial charge >= 0.3 is 0 Å². The molecule has 4 rings (SSSR count). The number of hydrogen-bond donors (Lipinski definition) is 2. The van der Waals surface area contributed by atoms with Gasteiger partial charge in [0.05, 0.1) is 12.2 Å². The van der Waals surface area contributed by atoms with Gasteiger partial charge in [0.25, 0.3) is 0 Å². The number of fused-ring (bicyclic) bond motifs is 2. The fourth-order valence-electron chi connectivity index (χ4n) is 3.05. The highest BCUT2D eigenvalue weighted by molar-refractivity contribution is 5.64. The highest BCUT2D eigenvalue weighted by Gasteiger charge is 2.32. The molecule has 0 bridgehead atoms. The van der Waals surface area contributed by atoms with Crippen molar-refractivity contribution in [1.82, 2.24) is 0 Å². The summed E-state index contributed by atoms with van der Waals surface area (Å²) in [5, 5.41) is 21.6. The number of ether oxygens (including phenoxy) is 2. The first-order valence-corrected chi connectivity index (χ1v) is 6.83. The van der Waals surface area contributed by atoms with Gasteiger partial charge in [0.1, 0.15) is 5.75 Å². The lowest BCUT2D eigenvalue weighted by Crippen LogP contribution is -2.16. The van der Waals surface area contributed by atoms with Crippen molar-refractivity contribution in [2.45, 2.75) is 12.8 Å². The lowest BCUT2D eigenvalue weighted by Gasteiger charge is -2.14. The summed E-state index contributed by atoms with van der Waals surface area (Å²) in [6.45, 7) is 2.59. The highest BCUT2D eigenvalue weighted by Crippen LogP contribution is 2.46. The van der Waals surface area contributed by atoms with Gasteiger partial charge in [-0.2, -0.15) is 0 Å². The third-order valence-electron chi connectivity index (χ3n) is 4.09. The highest BCUT2D eigenvalue weighted by atomic mass is 16.7. The van der Waals surface area contributed by atoms with Crippen LogP contribution in [0.3, 0.4) is 0 Å². The molecule has 2 aromatic carbocycles. The molecule has 0 saturated heterocycles. The smallest absolute Gasteiger partial charge is 0.231 e. The summed E-state index contributed by atoms with van der Waals surface area (Å²) in [4.78, 5) is 0. The number of aryl methyl sites for hydroxylation is 1. The molecule has 5 nitrogen and oxygen atoms in total. The van der Waals surface area contributed by atoms with Gasteiger partial charge in [-0.1, -0.05) is 17.7 Å². The Kier molecular flexibility index (Phi) is 2.53. The third kappa shape index (κ3) is 1.81.